The third-order valence-electron chi connectivity index (χ3n) is 2.70. The zero-order valence-corrected chi connectivity index (χ0v) is 11.7. The van der Waals surface area contributed by atoms with E-state index >= 15 is 0 Å². The number of rotatable bonds is 6. The van der Waals surface area contributed by atoms with Crippen LogP contribution in [-0.2, 0) is 9.84 Å². The molecule has 0 aromatic carbocycles. The smallest absolute Gasteiger partial charge is 0.164 e. The Morgan fingerprint density at radius 3 is 2.56 bits per heavy atom. The Labute approximate surface area is 108 Å². The summed E-state index contributed by atoms with van der Waals surface area (Å²) in [7, 11) is -3.00. The van der Waals surface area contributed by atoms with Crippen LogP contribution in [0.2, 0.25) is 0 Å². The summed E-state index contributed by atoms with van der Waals surface area (Å²) >= 11 is 0. The first kappa shape index (κ1) is 14.8. The highest BCUT2D eigenvalue weighted by Crippen LogP contribution is 2.10. The van der Waals surface area contributed by atoms with Gasteiger partial charge in [-0.25, -0.2) is 8.42 Å². The van der Waals surface area contributed by atoms with Gasteiger partial charge < -0.3 is 0 Å². The maximum absolute atomic E-state index is 11.9. The van der Waals surface area contributed by atoms with E-state index in [-0.39, 0.29) is 23.7 Å². The van der Waals surface area contributed by atoms with E-state index in [9.17, 15) is 13.2 Å². The molecule has 0 amide bonds. The first-order chi connectivity index (χ1) is 8.35. The average Bonchev–Trinajstić information content (AvgIpc) is 2.32. The lowest BCUT2D eigenvalue weighted by Crippen LogP contribution is -2.11. The van der Waals surface area contributed by atoms with Gasteiger partial charge >= 0.3 is 0 Å². The van der Waals surface area contributed by atoms with Crippen molar-refractivity contribution >= 4 is 15.6 Å². The van der Waals surface area contributed by atoms with Gasteiger partial charge in [-0.1, -0.05) is 6.92 Å². The Balaban J connectivity index is 2.64. The number of aromatic nitrogens is 2. The van der Waals surface area contributed by atoms with Gasteiger partial charge in [0.05, 0.1) is 17.1 Å². The molecule has 18 heavy (non-hydrogen) atoms. The molecule has 0 aliphatic rings. The molecule has 0 spiro atoms. The van der Waals surface area contributed by atoms with Crippen molar-refractivity contribution in [2.24, 2.45) is 0 Å². The average molecular weight is 270 g/mol. The van der Waals surface area contributed by atoms with Gasteiger partial charge in [0.2, 0.25) is 0 Å². The number of aryl methyl sites for hydroxylation is 2. The molecule has 1 heterocycles. The number of nitrogens with zero attached hydrogens (tertiary/aromatic N) is 2. The van der Waals surface area contributed by atoms with Crippen molar-refractivity contribution in [2.75, 3.05) is 11.5 Å². The van der Waals surface area contributed by atoms with Crippen LogP contribution < -0.4 is 0 Å². The van der Waals surface area contributed by atoms with Crippen LogP contribution in [-0.4, -0.2) is 35.9 Å². The SMILES string of the molecule is CCS(=O)(=O)CCCC(=O)c1cc(C)nnc1C. The van der Waals surface area contributed by atoms with Gasteiger partial charge in [-0.15, -0.1) is 0 Å². The number of hydrogen-bond acceptors (Lipinski definition) is 5. The second-order valence-electron chi connectivity index (χ2n) is 4.25. The summed E-state index contributed by atoms with van der Waals surface area (Å²) in [4.78, 5) is 11.9. The van der Waals surface area contributed by atoms with E-state index < -0.39 is 9.84 Å². The van der Waals surface area contributed by atoms with Crippen LogP contribution in [0.5, 0.6) is 0 Å². The third-order valence-corrected chi connectivity index (χ3v) is 4.49. The van der Waals surface area contributed by atoms with E-state index in [2.05, 4.69) is 10.2 Å². The summed E-state index contributed by atoms with van der Waals surface area (Å²) in [5.74, 6) is 0.110. The van der Waals surface area contributed by atoms with Crippen LogP contribution in [0.1, 0.15) is 41.5 Å². The predicted octanol–water partition coefficient (Wildman–Crippen LogP) is 1.49. The topological polar surface area (TPSA) is 77.0 Å². The van der Waals surface area contributed by atoms with Crippen molar-refractivity contribution in [3.8, 4) is 0 Å². The summed E-state index contributed by atoms with van der Waals surface area (Å²) in [5.41, 5.74) is 1.81. The van der Waals surface area contributed by atoms with Gasteiger partial charge in [0.1, 0.15) is 9.84 Å². The second-order valence-corrected chi connectivity index (χ2v) is 6.72. The summed E-state index contributed by atoms with van der Waals surface area (Å²) < 4.78 is 22.6. The quantitative estimate of drug-likeness (QED) is 0.732. The molecule has 6 heteroatoms. The van der Waals surface area contributed by atoms with E-state index in [0.29, 0.717) is 23.4 Å². The molecule has 0 atom stereocenters. The minimum atomic E-state index is -3.00. The van der Waals surface area contributed by atoms with Gasteiger partial charge in [-0.05, 0) is 26.3 Å². The molecule has 0 radical (unpaired) electrons. The second kappa shape index (κ2) is 6.04. The highest BCUT2D eigenvalue weighted by molar-refractivity contribution is 7.91. The minimum Gasteiger partial charge on any atom is -0.294 e. The molecular formula is C12H18N2O3S. The number of carbonyl (C=O) groups is 1. The molecule has 0 bridgehead atoms. The molecule has 0 aliphatic heterocycles. The van der Waals surface area contributed by atoms with Crippen molar-refractivity contribution in [2.45, 2.75) is 33.6 Å². The van der Waals surface area contributed by atoms with Gasteiger partial charge in [0.25, 0.3) is 0 Å². The lowest BCUT2D eigenvalue weighted by molar-refractivity contribution is 0.0980. The van der Waals surface area contributed by atoms with Gasteiger partial charge in [0.15, 0.2) is 5.78 Å². The Hall–Kier alpha value is -1.30. The maximum atomic E-state index is 11.9. The molecule has 1 aromatic rings. The highest BCUT2D eigenvalue weighted by Gasteiger charge is 2.13. The van der Waals surface area contributed by atoms with E-state index in [4.69, 9.17) is 0 Å². The summed E-state index contributed by atoms with van der Waals surface area (Å²) in [6, 6.07) is 1.69. The van der Waals surface area contributed by atoms with Crippen LogP contribution in [0.3, 0.4) is 0 Å². The zero-order chi connectivity index (χ0) is 13.8. The van der Waals surface area contributed by atoms with Crippen molar-refractivity contribution in [1.82, 2.24) is 10.2 Å². The molecule has 1 aromatic heterocycles. The molecule has 0 aliphatic carbocycles. The number of sulfone groups is 1. The number of ketones is 1. The number of Topliss-reactive ketones (excluding diaryl/α,β-unsaturated/α-hetero) is 1. The normalized spacial score (nSPS) is 11.5. The number of hydrogen-bond donors (Lipinski definition) is 0. The molecule has 100 valence electrons. The molecule has 0 N–H and O–H groups in total. The Morgan fingerprint density at radius 1 is 1.28 bits per heavy atom. The van der Waals surface area contributed by atoms with Gasteiger partial charge in [0, 0.05) is 17.7 Å². The van der Waals surface area contributed by atoms with E-state index in [1.165, 1.54) is 0 Å². The molecule has 0 fully saturated rings. The van der Waals surface area contributed by atoms with Crippen molar-refractivity contribution in [3.63, 3.8) is 0 Å². The maximum Gasteiger partial charge on any atom is 0.164 e. The fourth-order valence-corrected chi connectivity index (χ4v) is 2.44. The molecule has 1 rings (SSSR count). The predicted molar refractivity (Wildman–Crippen MR) is 69.4 cm³/mol. The Bertz CT molecular complexity index is 538. The largest absolute Gasteiger partial charge is 0.294 e. The lowest BCUT2D eigenvalue weighted by Gasteiger charge is -2.04. The molecule has 0 saturated carbocycles. The van der Waals surface area contributed by atoms with E-state index in [0.717, 1.165) is 0 Å². The summed E-state index contributed by atoms with van der Waals surface area (Å²) in [5, 5.41) is 7.74. The Kier molecular flexibility index (Phi) is 4.95. The first-order valence-electron chi connectivity index (χ1n) is 5.90. The highest BCUT2D eigenvalue weighted by atomic mass is 32.2. The molecular weight excluding hydrogens is 252 g/mol. The third kappa shape index (κ3) is 4.18. The van der Waals surface area contributed by atoms with Crippen LogP contribution in [0.25, 0.3) is 0 Å². The zero-order valence-electron chi connectivity index (χ0n) is 10.9. The summed E-state index contributed by atoms with van der Waals surface area (Å²) in [6.07, 6.45) is 0.584. The van der Waals surface area contributed by atoms with E-state index in [1.807, 2.05) is 0 Å². The lowest BCUT2D eigenvalue weighted by atomic mass is 10.1. The van der Waals surface area contributed by atoms with Crippen LogP contribution in [0, 0.1) is 13.8 Å². The van der Waals surface area contributed by atoms with Crippen molar-refractivity contribution in [3.05, 3.63) is 23.0 Å². The number of carbonyl (C=O) groups excluding carboxylic acids is 1. The van der Waals surface area contributed by atoms with Gasteiger partial charge in [-0.3, -0.25) is 4.79 Å². The fourth-order valence-electron chi connectivity index (χ4n) is 1.56. The monoisotopic (exact) mass is 270 g/mol. The first-order valence-corrected chi connectivity index (χ1v) is 7.72. The van der Waals surface area contributed by atoms with E-state index in [1.54, 1.807) is 26.8 Å². The molecule has 5 nitrogen and oxygen atoms in total. The van der Waals surface area contributed by atoms with Crippen LogP contribution in [0.4, 0.5) is 0 Å². The van der Waals surface area contributed by atoms with Crippen molar-refractivity contribution in [1.29, 1.82) is 0 Å². The fraction of sp³-hybridized carbons (Fsp3) is 0.583. The molecule has 0 unspecified atom stereocenters. The van der Waals surface area contributed by atoms with Gasteiger partial charge in [-0.2, -0.15) is 10.2 Å². The van der Waals surface area contributed by atoms with Crippen LogP contribution >= 0.6 is 0 Å². The standard InChI is InChI=1S/C12H18N2O3S/c1-4-18(16,17)7-5-6-12(15)11-8-9(2)13-14-10(11)3/h8H,4-7H2,1-3H3. The van der Waals surface area contributed by atoms with Crippen molar-refractivity contribution < 1.29 is 13.2 Å². The van der Waals surface area contributed by atoms with Crippen LogP contribution in [0.15, 0.2) is 6.07 Å². The Morgan fingerprint density at radius 2 is 1.94 bits per heavy atom. The summed E-state index contributed by atoms with van der Waals surface area (Å²) in [6.45, 7) is 5.10. The molecule has 0 saturated heterocycles. The minimum absolute atomic E-state index is 0.0613.